The number of anilines is 2. The second kappa shape index (κ2) is 5.46. The summed E-state index contributed by atoms with van der Waals surface area (Å²) in [5, 5.41) is 4.84. The molecule has 3 aromatic rings. The molecule has 6 heteroatoms. The molecule has 0 unspecified atom stereocenters. The fraction of sp³-hybridized carbons (Fsp3) is 0.250. The summed E-state index contributed by atoms with van der Waals surface area (Å²) in [6, 6.07) is 8.02. The van der Waals surface area contributed by atoms with Crippen LogP contribution in [0.3, 0.4) is 0 Å². The number of imidazole rings is 1. The third kappa shape index (κ3) is 2.46. The van der Waals surface area contributed by atoms with E-state index < -0.39 is 0 Å². The molecule has 0 spiro atoms. The Bertz CT molecular complexity index is 771. The number of hydrogen-bond donors (Lipinski definition) is 1. The zero-order valence-corrected chi connectivity index (χ0v) is 12.8. The summed E-state index contributed by atoms with van der Waals surface area (Å²) in [7, 11) is 0. The van der Waals surface area contributed by atoms with Gasteiger partial charge in [0.25, 0.3) is 5.91 Å². The number of amides is 1. The predicted octanol–water partition coefficient (Wildman–Crippen LogP) is 3.25. The topological polar surface area (TPSA) is 49.6 Å². The van der Waals surface area contributed by atoms with Crippen LogP contribution in [0.15, 0.2) is 42.0 Å². The van der Waals surface area contributed by atoms with Crippen LogP contribution >= 0.6 is 11.3 Å². The molecular formula is C16H16N4OS. The Kier molecular flexibility index (Phi) is 3.31. The molecule has 1 aliphatic heterocycles. The molecule has 1 saturated heterocycles. The van der Waals surface area contributed by atoms with Crippen molar-refractivity contribution in [1.29, 1.82) is 0 Å². The minimum Gasteiger partial charge on any atom is -0.372 e. The van der Waals surface area contributed by atoms with E-state index in [1.807, 2.05) is 28.1 Å². The Labute approximate surface area is 132 Å². The lowest BCUT2D eigenvalue weighted by Gasteiger charge is -2.17. The first-order valence-corrected chi connectivity index (χ1v) is 8.26. The Balaban J connectivity index is 1.48. The molecule has 22 heavy (non-hydrogen) atoms. The van der Waals surface area contributed by atoms with Gasteiger partial charge in [0, 0.05) is 42.2 Å². The van der Waals surface area contributed by atoms with Gasteiger partial charge in [0.2, 0.25) is 0 Å². The van der Waals surface area contributed by atoms with Gasteiger partial charge in [-0.25, -0.2) is 4.98 Å². The predicted molar refractivity (Wildman–Crippen MR) is 88.9 cm³/mol. The molecule has 4 rings (SSSR count). The molecule has 5 nitrogen and oxygen atoms in total. The zero-order chi connectivity index (χ0) is 14.9. The van der Waals surface area contributed by atoms with Crippen molar-refractivity contribution >= 4 is 33.6 Å². The average Bonchev–Trinajstić information content (AvgIpc) is 3.24. The molecule has 1 amide bonds. The van der Waals surface area contributed by atoms with Gasteiger partial charge in [0.15, 0.2) is 4.96 Å². The van der Waals surface area contributed by atoms with Crippen molar-refractivity contribution in [3.8, 4) is 0 Å². The molecule has 0 radical (unpaired) electrons. The highest BCUT2D eigenvalue weighted by molar-refractivity contribution is 7.15. The van der Waals surface area contributed by atoms with E-state index in [1.54, 1.807) is 6.20 Å². The summed E-state index contributed by atoms with van der Waals surface area (Å²) in [4.78, 5) is 19.7. The monoisotopic (exact) mass is 312 g/mol. The highest BCUT2D eigenvalue weighted by atomic mass is 32.1. The molecule has 0 bridgehead atoms. The van der Waals surface area contributed by atoms with Gasteiger partial charge in [-0.15, -0.1) is 11.3 Å². The van der Waals surface area contributed by atoms with Crippen LogP contribution in [0.5, 0.6) is 0 Å². The summed E-state index contributed by atoms with van der Waals surface area (Å²) in [6.45, 7) is 2.24. The zero-order valence-electron chi connectivity index (χ0n) is 12.0. The number of fused-ring (bicyclic) bond motifs is 1. The molecule has 2 aromatic heterocycles. The second-order valence-corrected chi connectivity index (χ2v) is 6.29. The maximum Gasteiger partial charge on any atom is 0.275 e. The lowest BCUT2D eigenvalue weighted by molar-refractivity contribution is 0.102. The number of aromatic nitrogens is 2. The van der Waals surface area contributed by atoms with Crippen LogP contribution in [0.1, 0.15) is 23.3 Å². The normalized spacial score (nSPS) is 14.6. The van der Waals surface area contributed by atoms with Crippen LogP contribution in [-0.4, -0.2) is 28.4 Å². The Morgan fingerprint density at radius 3 is 2.68 bits per heavy atom. The number of nitrogens with one attached hydrogen (secondary N) is 1. The van der Waals surface area contributed by atoms with E-state index in [1.165, 1.54) is 29.9 Å². The van der Waals surface area contributed by atoms with Crippen molar-refractivity contribution in [2.45, 2.75) is 12.8 Å². The second-order valence-electron chi connectivity index (χ2n) is 5.41. The summed E-state index contributed by atoms with van der Waals surface area (Å²) in [5.74, 6) is -0.176. The third-order valence-corrected chi connectivity index (χ3v) is 4.69. The number of rotatable bonds is 3. The number of thiazole rings is 1. The van der Waals surface area contributed by atoms with E-state index >= 15 is 0 Å². The van der Waals surface area contributed by atoms with Crippen molar-refractivity contribution in [2.75, 3.05) is 23.3 Å². The molecule has 0 aliphatic carbocycles. The smallest absolute Gasteiger partial charge is 0.275 e. The number of nitrogens with zero attached hydrogens (tertiary/aromatic N) is 3. The Morgan fingerprint density at radius 2 is 1.95 bits per heavy atom. The van der Waals surface area contributed by atoms with E-state index in [-0.39, 0.29) is 5.91 Å². The number of carbonyl (C=O) groups is 1. The van der Waals surface area contributed by atoms with Gasteiger partial charge in [-0.2, -0.15) is 0 Å². The van der Waals surface area contributed by atoms with Crippen LogP contribution in [-0.2, 0) is 0 Å². The summed E-state index contributed by atoms with van der Waals surface area (Å²) >= 11 is 1.51. The van der Waals surface area contributed by atoms with E-state index in [2.05, 4.69) is 27.3 Å². The van der Waals surface area contributed by atoms with E-state index in [4.69, 9.17) is 0 Å². The first-order valence-electron chi connectivity index (χ1n) is 7.38. The lowest BCUT2D eigenvalue weighted by Crippen LogP contribution is -2.17. The summed E-state index contributed by atoms with van der Waals surface area (Å²) in [6.07, 6.45) is 6.17. The largest absolute Gasteiger partial charge is 0.372 e. The van der Waals surface area contributed by atoms with Crippen LogP contribution in [0.2, 0.25) is 0 Å². The van der Waals surface area contributed by atoms with E-state index in [0.717, 1.165) is 23.7 Å². The van der Waals surface area contributed by atoms with Crippen LogP contribution < -0.4 is 10.2 Å². The fourth-order valence-electron chi connectivity index (χ4n) is 2.76. The fourth-order valence-corrected chi connectivity index (χ4v) is 3.46. The lowest BCUT2D eigenvalue weighted by atomic mass is 10.2. The van der Waals surface area contributed by atoms with Gasteiger partial charge in [-0.05, 0) is 37.1 Å². The van der Waals surface area contributed by atoms with Crippen molar-refractivity contribution < 1.29 is 4.79 Å². The molecule has 1 fully saturated rings. The number of hydrogen-bond acceptors (Lipinski definition) is 4. The van der Waals surface area contributed by atoms with Crippen molar-refractivity contribution in [2.24, 2.45) is 0 Å². The van der Waals surface area contributed by atoms with Gasteiger partial charge in [-0.1, -0.05) is 0 Å². The molecule has 1 aromatic carbocycles. The van der Waals surface area contributed by atoms with Gasteiger partial charge < -0.3 is 10.2 Å². The molecule has 0 atom stereocenters. The van der Waals surface area contributed by atoms with Crippen LogP contribution in [0.25, 0.3) is 4.96 Å². The molecular weight excluding hydrogens is 296 g/mol. The highest BCUT2D eigenvalue weighted by Gasteiger charge is 2.14. The molecule has 0 saturated carbocycles. The maximum atomic E-state index is 12.2. The minimum atomic E-state index is -0.176. The standard InChI is InChI=1S/C16H16N4OS/c21-15(14-11-20-9-10-22-16(20)18-14)17-12-3-5-13(6-4-12)19-7-1-2-8-19/h3-6,9-11H,1-2,7-8H2,(H,17,21). The van der Waals surface area contributed by atoms with E-state index in [9.17, 15) is 4.79 Å². The molecule has 112 valence electrons. The van der Waals surface area contributed by atoms with Gasteiger partial charge in [-0.3, -0.25) is 9.20 Å². The first-order chi connectivity index (χ1) is 10.8. The molecule has 1 aliphatic rings. The SMILES string of the molecule is O=C(Nc1ccc(N2CCCC2)cc1)c1cn2ccsc2n1. The Morgan fingerprint density at radius 1 is 1.18 bits per heavy atom. The third-order valence-electron chi connectivity index (χ3n) is 3.92. The quantitative estimate of drug-likeness (QED) is 0.807. The first kappa shape index (κ1) is 13.3. The van der Waals surface area contributed by atoms with Crippen molar-refractivity contribution in [3.05, 3.63) is 47.7 Å². The van der Waals surface area contributed by atoms with Crippen molar-refractivity contribution in [3.63, 3.8) is 0 Å². The van der Waals surface area contributed by atoms with Crippen LogP contribution in [0, 0.1) is 0 Å². The summed E-state index contributed by atoms with van der Waals surface area (Å²) in [5.41, 5.74) is 2.46. The maximum absolute atomic E-state index is 12.2. The number of benzene rings is 1. The molecule has 1 N–H and O–H groups in total. The summed E-state index contributed by atoms with van der Waals surface area (Å²) < 4.78 is 1.86. The van der Waals surface area contributed by atoms with Crippen LogP contribution in [0.4, 0.5) is 11.4 Å². The molecule has 3 heterocycles. The van der Waals surface area contributed by atoms with Gasteiger partial charge >= 0.3 is 0 Å². The van der Waals surface area contributed by atoms with Gasteiger partial charge in [0.05, 0.1) is 0 Å². The van der Waals surface area contributed by atoms with Crippen molar-refractivity contribution in [1.82, 2.24) is 9.38 Å². The highest BCUT2D eigenvalue weighted by Crippen LogP contribution is 2.22. The minimum absolute atomic E-state index is 0.176. The number of carbonyl (C=O) groups excluding carboxylic acids is 1. The Hall–Kier alpha value is -2.34. The van der Waals surface area contributed by atoms with Gasteiger partial charge in [0.1, 0.15) is 5.69 Å². The average molecular weight is 312 g/mol. The van der Waals surface area contributed by atoms with E-state index in [0.29, 0.717) is 5.69 Å².